The van der Waals surface area contributed by atoms with Crippen LogP contribution in [0.4, 0.5) is 0 Å². The fourth-order valence-electron chi connectivity index (χ4n) is 3.36. The van der Waals surface area contributed by atoms with E-state index in [-0.39, 0.29) is 18.2 Å². The fourth-order valence-corrected chi connectivity index (χ4v) is 4.77. The van der Waals surface area contributed by atoms with Gasteiger partial charge >= 0.3 is 0 Å². The number of aliphatic hydroxyl groups excluding tert-OH is 1. The monoisotopic (exact) mass is 374 g/mol. The highest BCUT2D eigenvalue weighted by molar-refractivity contribution is 7.84. The molecule has 1 aromatic carbocycles. The first kappa shape index (κ1) is 19.0. The first-order valence-corrected chi connectivity index (χ1v) is 9.98. The van der Waals surface area contributed by atoms with Gasteiger partial charge in [0.1, 0.15) is 11.0 Å². The Bertz CT molecular complexity index is 856. The number of rotatable bonds is 5. The number of benzene rings is 1. The SMILES string of the molecule is CC(C)(C)S(=O)N1Cc2cn(Cc3ccccc3)c(=O)cc2[C@@H]1CCO. The molecule has 0 amide bonds. The minimum atomic E-state index is -1.21. The Hall–Kier alpha value is -1.76. The molecule has 140 valence electrons. The van der Waals surface area contributed by atoms with Crippen LogP contribution in [0.2, 0.25) is 0 Å². The lowest BCUT2D eigenvalue weighted by Gasteiger charge is -2.30. The number of hydrogen-bond donors (Lipinski definition) is 1. The van der Waals surface area contributed by atoms with Gasteiger partial charge in [0.05, 0.1) is 17.3 Å². The fraction of sp³-hybridized carbons (Fsp3) is 0.450. The summed E-state index contributed by atoms with van der Waals surface area (Å²) in [6.07, 6.45) is 2.35. The average molecular weight is 375 g/mol. The Morgan fingerprint density at radius 1 is 1.23 bits per heavy atom. The topological polar surface area (TPSA) is 62.5 Å². The number of pyridine rings is 1. The van der Waals surface area contributed by atoms with Crippen LogP contribution in [0.25, 0.3) is 0 Å². The molecule has 0 saturated heterocycles. The molecule has 5 nitrogen and oxygen atoms in total. The molecule has 0 radical (unpaired) electrons. The van der Waals surface area contributed by atoms with Crippen LogP contribution in [-0.2, 0) is 24.1 Å². The van der Waals surface area contributed by atoms with Gasteiger partial charge in [0.2, 0.25) is 0 Å². The van der Waals surface area contributed by atoms with Crippen LogP contribution in [-0.4, -0.2) is 29.5 Å². The molecule has 1 aliphatic rings. The van der Waals surface area contributed by atoms with E-state index in [9.17, 15) is 14.1 Å². The molecule has 2 aromatic rings. The molecule has 1 aromatic heterocycles. The zero-order chi connectivity index (χ0) is 18.9. The van der Waals surface area contributed by atoms with Crippen LogP contribution < -0.4 is 5.56 Å². The van der Waals surface area contributed by atoms with Crippen LogP contribution in [0.15, 0.2) is 47.4 Å². The van der Waals surface area contributed by atoms with Crippen molar-refractivity contribution in [3.05, 3.63) is 69.6 Å². The van der Waals surface area contributed by atoms with Gasteiger partial charge in [-0.3, -0.25) is 4.79 Å². The van der Waals surface area contributed by atoms with Crippen molar-refractivity contribution in [3.8, 4) is 0 Å². The quantitative estimate of drug-likeness (QED) is 0.875. The van der Waals surface area contributed by atoms with Crippen molar-refractivity contribution < 1.29 is 9.32 Å². The predicted molar refractivity (Wildman–Crippen MR) is 104 cm³/mol. The lowest BCUT2D eigenvalue weighted by molar-refractivity contribution is 0.238. The Kier molecular flexibility index (Phi) is 5.46. The second kappa shape index (κ2) is 7.47. The van der Waals surface area contributed by atoms with Gasteiger partial charge in [0, 0.05) is 25.4 Å². The third kappa shape index (κ3) is 3.82. The number of aromatic nitrogens is 1. The molecular weight excluding hydrogens is 348 g/mol. The Morgan fingerprint density at radius 2 is 1.92 bits per heavy atom. The molecule has 2 atom stereocenters. The average Bonchev–Trinajstić information content (AvgIpc) is 2.92. The van der Waals surface area contributed by atoms with Crippen LogP contribution in [0.1, 0.15) is 49.9 Å². The van der Waals surface area contributed by atoms with Gasteiger partial charge in [0.15, 0.2) is 0 Å². The normalized spacial score (nSPS) is 18.7. The maximum Gasteiger partial charge on any atom is 0.251 e. The largest absolute Gasteiger partial charge is 0.396 e. The Labute approximate surface area is 156 Å². The van der Waals surface area contributed by atoms with E-state index in [0.717, 1.165) is 16.7 Å². The molecule has 0 bridgehead atoms. The molecule has 2 heterocycles. The number of aliphatic hydroxyl groups is 1. The number of fused-ring (bicyclic) bond motifs is 1. The van der Waals surface area contributed by atoms with Crippen molar-refractivity contribution in [1.29, 1.82) is 0 Å². The first-order valence-electron chi connectivity index (χ1n) is 8.88. The standard InChI is InChI=1S/C20H26N2O3S/c1-20(2,3)26(25)22-14-16-13-21(12-15-7-5-4-6-8-15)19(24)11-17(16)18(22)9-10-23/h4-8,11,13,18,23H,9-10,12,14H2,1-3H3/t18-,26?/m0/s1. The summed E-state index contributed by atoms with van der Waals surface area (Å²) < 4.78 is 16.2. The van der Waals surface area contributed by atoms with Gasteiger partial charge in [-0.05, 0) is 43.9 Å². The van der Waals surface area contributed by atoms with Gasteiger partial charge in [-0.25, -0.2) is 8.51 Å². The Morgan fingerprint density at radius 3 is 2.54 bits per heavy atom. The minimum absolute atomic E-state index is 0.00491. The van der Waals surface area contributed by atoms with Crippen LogP contribution in [0.5, 0.6) is 0 Å². The van der Waals surface area contributed by atoms with Crippen molar-refractivity contribution in [3.63, 3.8) is 0 Å². The number of nitrogens with zero attached hydrogens (tertiary/aromatic N) is 2. The van der Waals surface area contributed by atoms with Crippen LogP contribution in [0.3, 0.4) is 0 Å². The third-order valence-corrected chi connectivity index (χ3v) is 6.47. The lowest BCUT2D eigenvalue weighted by atomic mass is 10.0. The van der Waals surface area contributed by atoms with Gasteiger partial charge in [-0.2, -0.15) is 0 Å². The molecule has 1 aliphatic heterocycles. The third-order valence-electron chi connectivity index (χ3n) is 4.61. The second-order valence-corrected chi connectivity index (χ2v) is 9.86. The van der Waals surface area contributed by atoms with Crippen LogP contribution >= 0.6 is 0 Å². The van der Waals surface area contributed by atoms with Crippen molar-refractivity contribution in [2.75, 3.05) is 6.61 Å². The molecule has 1 N–H and O–H groups in total. The van der Waals surface area contributed by atoms with Gasteiger partial charge in [0.25, 0.3) is 5.56 Å². The summed E-state index contributed by atoms with van der Waals surface area (Å²) in [6, 6.07) is 11.3. The highest BCUT2D eigenvalue weighted by Crippen LogP contribution is 2.38. The smallest absolute Gasteiger partial charge is 0.251 e. The molecule has 6 heteroatoms. The van der Waals surface area contributed by atoms with E-state index >= 15 is 0 Å². The maximum atomic E-state index is 13.0. The molecule has 0 aliphatic carbocycles. The first-order chi connectivity index (χ1) is 12.3. The highest BCUT2D eigenvalue weighted by atomic mass is 32.2. The summed E-state index contributed by atoms with van der Waals surface area (Å²) in [4.78, 5) is 12.6. The highest BCUT2D eigenvalue weighted by Gasteiger charge is 2.38. The zero-order valence-electron chi connectivity index (χ0n) is 15.5. The second-order valence-electron chi connectivity index (χ2n) is 7.67. The van der Waals surface area contributed by atoms with E-state index in [0.29, 0.717) is 19.5 Å². The van der Waals surface area contributed by atoms with E-state index in [1.54, 1.807) is 10.6 Å². The van der Waals surface area contributed by atoms with Gasteiger partial charge in [-0.15, -0.1) is 0 Å². The summed E-state index contributed by atoms with van der Waals surface area (Å²) in [7, 11) is -1.21. The van der Waals surface area contributed by atoms with Gasteiger partial charge in [-0.1, -0.05) is 30.3 Å². The molecule has 26 heavy (non-hydrogen) atoms. The molecular formula is C20H26N2O3S. The summed E-state index contributed by atoms with van der Waals surface area (Å²) in [5.41, 5.74) is 2.90. The van der Waals surface area contributed by atoms with E-state index < -0.39 is 15.7 Å². The van der Waals surface area contributed by atoms with Crippen molar-refractivity contribution >= 4 is 11.0 Å². The maximum absolute atomic E-state index is 13.0. The van der Waals surface area contributed by atoms with E-state index in [1.165, 1.54) is 0 Å². The minimum Gasteiger partial charge on any atom is -0.396 e. The summed E-state index contributed by atoms with van der Waals surface area (Å²) in [5.74, 6) is 0. The number of hydrogen-bond acceptors (Lipinski definition) is 3. The molecule has 0 fully saturated rings. The Balaban J connectivity index is 1.96. The predicted octanol–water partition coefficient (Wildman–Crippen LogP) is 2.60. The van der Waals surface area contributed by atoms with E-state index in [1.807, 2.05) is 61.6 Å². The summed E-state index contributed by atoms with van der Waals surface area (Å²) in [5, 5.41) is 9.46. The van der Waals surface area contributed by atoms with Crippen molar-refractivity contribution in [2.24, 2.45) is 0 Å². The molecule has 1 unspecified atom stereocenters. The van der Waals surface area contributed by atoms with Crippen molar-refractivity contribution in [1.82, 2.24) is 8.87 Å². The molecule has 3 rings (SSSR count). The molecule has 0 spiro atoms. The summed E-state index contributed by atoms with van der Waals surface area (Å²) in [6.45, 7) is 6.86. The van der Waals surface area contributed by atoms with E-state index in [2.05, 4.69) is 0 Å². The lowest BCUT2D eigenvalue weighted by Crippen LogP contribution is -2.36. The zero-order valence-corrected chi connectivity index (χ0v) is 16.3. The van der Waals surface area contributed by atoms with Crippen LogP contribution in [0, 0.1) is 0 Å². The molecule has 0 saturated carbocycles. The summed E-state index contributed by atoms with van der Waals surface area (Å²) >= 11 is 0. The van der Waals surface area contributed by atoms with Crippen molar-refractivity contribution in [2.45, 2.75) is 51.1 Å². The van der Waals surface area contributed by atoms with Gasteiger partial charge < -0.3 is 9.67 Å². The van der Waals surface area contributed by atoms with E-state index in [4.69, 9.17) is 0 Å².